The highest BCUT2D eigenvalue weighted by atomic mass is 32.2. The first kappa shape index (κ1) is 17.4. The average Bonchev–Trinajstić information content (AvgIpc) is 2.88. The lowest BCUT2D eigenvalue weighted by Crippen LogP contribution is -2.10. The van der Waals surface area contributed by atoms with Gasteiger partial charge in [-0.05, 0) is 31.2 Å². The van der Waals surface area contributed by atoms with Gasteiger partial charge in [-0.2, -0.15) is 13.2 Å². The molecule has 9 heteroatoms. The maximum absolute atomic E-state index is 12.9. The smallest absolute Gasteiger partial charge is 0.295 e. The zero-order chi connectivity index (χ0) is 18.4. The normalized spacial score (nSPS) is 12.7. The van der Waals surface area contributed by atoms with Crippen molar-refractivity contribution < 1.29 is 21.6 Å². The summed E-state index contributed by atoms with van der Waals surface area (Å²) in [6.07, 6.45) is -1.80. The van der Waals surface area contributed by atoms with E-state index in [1.807, 2.05) is 0 Å². The van der Waals surface area contributed by atoms with E-state index < -0.39 is 21.6 Å². The van der Waals surface area contributed by atoms with E-state index in [1.165, 1.54) is 36.0 Å². The molecule has 0 aliphatic heterocycles. The fourth-order valence-electron chi connectivity index (χ4n) is 2.63. The van der Waals surface area contributed by atoms with Crippen molar-refractivity contribution in [3.05, 3.63) is 48.0 Å². The second-order valence-electron chi connectivity index (χ2n) is 5.44. The Bertz CT molecular complexity index is 1060. The number of aromatic nitrogens is 3. The lowest BCUT2D eigenvalue weighted by molar-refractivity contribution is -0.137. The number of fused-ring (bicyclic) bond motifs is 1. The lowest BCUT2D eigenvalue weighted by Gasteiger charge is -2.12. The SMILES string of the molecule is CCS(=O)(=O)c1cnccc1-n1c(C)nc2cc(C(F)(F)F)ccc21. The summed E-state index contributed by atoms with van der Waals surface area (Å²) in [5, 5.41) is 0. The molecule has 0 unspecified atom stereocenters. The second-order valence-corrected chi connectivity index (χ2v) is 7.69. The molecule has 2 heterocycles. The predicted molar refractivity (Wildman–Crippen MR) is 86.3 cm³/mol. The predicted octanol–water partition coefficient (Wildman–Crippen LogP) is 3.54. The number of aryl methyl sites for hydroxylation is 1. The van der Waals surface area contributed by atoms with Crippen LogP contribution < -0.4 is 0 Å². The van der Waals surface area contributed by atoms with E-state index in [1.54, 1.807) is 6.92 Å². The van der Waals surface area contributed by atoms with Crippen molar-refractivity contribution in [2.75, 3.05) is 5.75 Å². The Morgan fingerprint density at radius 1 is 1.20 bits per heavy atom. The zero-order valence-corrected chi connectivity index (χ0v) is 14.2. The van der Waals surface area contributed by atoms with Crippen molar-refractivity contribution in [1.29, 1.82) is 0 Å². The van der Waals surface area contributed by atoms with Crippen LogP contribution in [0, 0.1) is 6.92 Å². The van der Waals surface area contributed by atoms with Gasteiger partial charge >= 0.3 is 6.18 Å². The Morgan fingerprint density at radius 2 is 1.92 bits per heavy atom. The molecule has 0 aliphatic rings. The fourth-order valence-corrected chi connectivity index (χ4v) is 3.64. The molecule has 0 spiro atoms. The molecule has 0 fully saturated rings. The van der Waals surface area contributed by atoms with Crippen molar-refractivity contribution in [2.45, 2.75) is 24.9 Å². The monoisotopic (exact) mass is 369 g/mol. The Hall–Kier alpha value is -2.42. The van der Waals surface area contributed by atoms with E-state index in [9.17, 15) is 21.6 Å². The Morgan fingerprint density at radius 3 is 2.56 bits per heavy atom. The summed E-state index contributed by atoms with van der Waals surface area (Å²) in [5.41, 5.74) is 0.0469. The highest BCUT2D eigenvalue weighted by molar-refractivity contribution is 7.91. The molecule has 25 heavy (non-hydrogen) atoms. The Kier molecular flexibility index (Phi) is 4.06. The summed E-state index contributed by atoms with van der Waals surface area (Å²) in [5.74, 6) is 0.267. The molecule has 0 saturated heterocycles. The Balaban J connectivity index is 2.30. The molecule has 0 amide bonds. The third-order valence-electron chi connectivity index (χ3n) is 3.87. The van der Waals surface area contributed by atoms with Crippen molar-refractivity contribution in [3.63, 3.8) is 0 Å². The first-order valence-electron chi connectivity index (χ1n) is 7.38. The third-order valence-corrected chi connectivity index (χ3v) is 5.61. The number of halogens is 3. The largest absolute Gasteiger partial charge is 0.416 e. The molecule has 0 aliphatic carbocycles. The molecule has 0 N–H and O–H groups in total. The lowest BCUT2D eigenvalue weighted by atomic mass is 10.2. The number of sulfone groups is 1. The molecule has 3 rings (SSSR count). The van der Waals surface area contributed by atoms with Crippen LogP contribution in [0.3, 0.4) is 0 Å². The standard InChI is InChI=1S/C16H14F3N3O2S/c1-3-25(23,24)15-9-20-7-6-14(15)22-10(2)21-12-8-11(16(17,18)19)4-5-13(12)22/h4-9H,3H2,1-2H3. The number of hydrogen-bond donors (Lipinski definition) is 0. The van der Waals surface area contributed by atoms with Crippen LogP contribution in [0.2, 0.25) is 0 Å². The van der Waals surface area contributed by atoms with Gasteiger partial charge in [-0.3, -0.25) is 9.55 Å². The molecule has 0 atom stereocenters. The third kappa shape index (κ3) is 2.99. The minimum Gasteiger partial charge on any atom is -0.295 e. The van der Waals surface area contributed by atoms with Crippen LogP contribution in [0.5, 0.6) is 0 Å². The van der Waals surface area contributed by atoms with Gasteiger partial charge in [-0.15, -0.1) is 0 Å². The number of hydrogen-bond acceptors (Lipinski definition) is 4. The quantitative estimate of drug-likeness (QED) is 0.708. The van der Waals surface area contributed by atoms with Crippen LogP contribution in [-0.4, -0.2) is 28.7 Å². The molecule has 1 aromatic carbocycles. The molecule has 0 bridgehead atoms. The topological polar surface area (TPSA) is 64.8 Å². The molecule has 2 aromatic heterocycles. The summed E-state index contributed by atoms with van der Waals surface area (Å²) >= 11 is 0. The second kappa shape index (κ2) is 5.83. The van der Waals surface area contributed by atoms with Gasteiger partial charge in [0, 0.05) is 12.4 Å². The van der Waals surface area contributed by atoms with Crippen LogP contribution >= 0.6 is 0 Å². The van der Waals surface area contributed by atoms with Gasteiger partial charge in [0.25, 0.3) is 0 Å². The van der Waals surface area contributed by atoms with E-state index >= 15 is 0 Å². The van der Waals surface area contributed by atoms with Gasteiger partial charge in [0.1, 0.15) is 10.7 Å². The number of nitrogens with zero attached hydrogens (tertiary/aromatic N) is 3. The van der Waals surface area contributed by atoms with Gasteiger partial charge in [-0.25, -0.2) is 13.4 Å². The number of alkyl halides is 3. The minimum atomic E-state index is -4.47. The summed E-state index contributed by atoms with van der Waals surface area (Å²) in [6, 6.07) is 4.71. The maximum atomic E-state index is 12.9. The fraction of sp³-hybridized carbons (Fsp3) is 0.250. The first-order valence-corrected chi connectivity index (χ1v) is 9.04. The molecule has 5 nitrogen and oxygen atoms in total. The van der Waals surface area contributed by atoms with Crippen molar-refractivity contribution >= 4 is 20.9 Å². The van der Waals surface area contributed by atoms with E-state index in [2.05, 4.69) is 9.97 Å². The molecule has 132 valence electrons. The van der Waals surface area contributed by atoms with Gasteiger partial charge in [-0.1, -0.05) is 6.92 Å². The van der Waals surface area contributed by atoms with Crippen molar-refractivity contribution in [3.8, 4) is 5.69 Å². The van der Waals surface area contributed by atoms with Crippen molar-refractivity contribution in [2.24, 2.45) is 0 Å². The zero-order valence-electron chi connectivity index (χ0n) is 13.4. The molecule has 0 radical (unpaired) electrons. The number of rotatable bonds is 3. The van der Waals surface area contributed by atoms with Crippen LogP contribution in [-0.2, 0) is 16.0 Å². The summed E-state index contributed by atoms with van der Waals surface area (Å²) < 4.78 is 64.9. The number of benzene rings is 1. The minimum absolute atomic E-state index is 0.0137. The maximum Gasteiger partial charge on any atom is 0.416 e. The molecular formula is C16H14F3N3O2S. The van der Waals surface area contributed by atoms with Gasteiger partial charge in [0.2, 0.25) is 0 Å². The first-order chi connectivity index (χ1) is 11.6. The highest BCUT2D eigenvalue weighted by Crippen LogP contribution is 2.33. The van der Waals surface area contributed by atoms with E-state index in [0.29, 0.717) is 17.0 Å². The number of imidazole rings is 1. The van der Waals surface area contributed by atoms with Gasteiger partial charge < -0.3 is 0 Å². The summed E-state index contributed by atoms with van der Waals surface area (Å²) in [7, 11) is -3.56. The van der Waals surface area contributed by atoms with E-state index in [4.69, 9.17) is 0 Å². The summed E-state index contributed by atoms with van der Waals surface area (Å²) in [6.45, 7) is 3.12. The van der Waals surface area contributed by atoms with Crippen LogP contribution in [0.1, 0.15) is 18.3 Å². The highest BCUT2D eigenvalue weighted by Gasteiger charge is 2.31. The van der Waals surface area contributed by atoms with Crippen LogP contribution in [0.25, 0.3) is 16.7 Å². The molecule has 0 saturated carbocycles. The Labute approximate surface area is 142 Å². The summed E-state index contributed by atoms with van der Waals surface area (Å²) in [4.78, 5) is 8.04. The van der Waals surface area contributed by atoms with Gasteiger partial charge in [0.05, 0.1) is 28.0 Å². The van der Waals surface area contributed by atoms with Crippen LogP contribution in [0.4, 0.5) is 13.2 Å². The average molecular weight is 369 g/mol. The molecular weight excluding hydrogens is 355 g/mol. The van der Waals surface area contributed by atoms with E-state index in [0.717, 1.165) is 12.1 Å². The molecule has 3 aromatic rings. The number of pyridine rings is 1. The van der Waals surface area contributed by atoms with E-state index in [-0.39, 0.29) is 16.2 Å². The van der Waals surface area contributed by atoms with Gasteiger partial charge in [0.15, 0.2) is 9.84 Å². The van der Waals surface area contributed by atoms with Crippen LogP contribution in [0.15, 0.2) is 41.6 Å². The van der Waals surface area contributed by atoms with Crippen molar-refractivity contribution in [1.82, 2.24) is 14.5 Å².